The maximum Gasteiger partial charge on any atom is 0.232 e. The Labute approximate surface area is 142 Å². The third-order valence-electron chi connectivity index (χ3n) is 4.82. The molecule has 23 heavy (non-hydrogen) atoms. The van der Waals surface area contributed by atoms with Gasteiger partial charge in [-0.05, 0) is 38.2 Å². The molecule has 0 unspecified atom stereocenters. The van der Waals surface area contributed by atoms with Crippen molar-refractivity contribution in [3.8, 4) is 6.07 Å². The molecule has 1 saturated carbocycles. The lowest BCUT2D eigenvalue weighted by Crippen LogP contribution is -2.43. The van der Waals surface area contributed by atoms with Crippen LogP contribution in [0.25, 0.3) is 0 Å². The summed E-state index contributed by atoms with van der Waals surface area (Å²) in [7, 11) is 1.90. The Hall–Kier alpha value is -1.61. The minimum atomic E-state index is 0.0951. The van der Waals surface area contributed by atoms with Crippen LogP contribution in [0.15, 0.2) is 5.03 Å². The van der Waals surface area contributed by atoms with Gasteiger partial charge in [-0.15, -0.1) is 5.10 Å². The second-order valence-corrected chi connectivity index (χ2v) is 7.29. The summed E-state index contributed by atoms with van der Waals surface area (Å²) in [5.74, 6) is 0.947. The highest BCUT2D eigenvalue weighted by atomic mass is 32.2. The second-order valence-electron chi connectivity index (χ2n) is 6.32. The summed E-state index contributed by atoms with van der Waals surface area (Å²) in [6, 6.07) is 2.51. The van der Waals surface area contributed by atoms with Gasteiger partial charge in [0.2, 0.25) is 5.91 Å². The van der Waals surface area contributed by atoms with Crippen LogP contribution in [-0.4, -0.2) is 39.8 Å². The fourth-order valence-corrected chi connectivity index (χ4v) is 4.01. The van der Waals surface area contributed by atoms with Crippen LogP contribution in [0.1, 0.15) is 49.4 Å². The standard InChI is InChI=1S/C17H24N4OS/c1-11-7-5-6-8-15(11)21(4)16(22)10-23-17-14(9-18)12(2)13(3)19-20-17/h11,15H,5-8,10H2,1-4H3/t11-,15+/m1/s1. The maximum atomic E-state index is 12.5. The lowest BCUT2D eigenvalue weighted by molar-refractivity contribution is -0.130. The van der Waals surface area contributed by atoms with E-state index in [9.17, 15) is 10.1 Å². The molecular formula is C17H24N4OS. The van der Waals surface area contributed by atoms with Crippen LogP contribution in [0.2, 0.25) is 0 Å². The molecule has 5 nitrogen and oxygen atoms in total. The van der Waals surface area contributed by atoms with Gasteiger partial charge < -0.3 is 4.90 Å². The zero-order valence-corrected chi connectivity index (χ0v) is 15.1. The third kappa shape index (κ3) is 4.03. The molecule has 0 aliphatic heterocycles. The van der Waals surface area contributed by atoms with Gasteiger partial charge in [0.1, 0.15) is 11.1 Å². The third-order valence-corrected chi connectivity index (χ3v) is 5.77. The monoisotopic (exact) mass is 332 g/mol. The van der Waals surface area contributed by atoms with E-state index >= 15 is 0 Å². The van der Waals surface area contributed by atoms with Crippen LogP contribution in [0, 0.1) is 31.1 Å². The summed E-state index contributed by atoms with van der Waals surface area (Å²) < 4.78 is 0. The van der Waals surface area contributed by atoms with Crippen molar-refractivity contribution in [3.63, 3.8) is 0 Å². The van der Waals surface area contributed by atoms with E-state index in [-0.39, 0.29) is 5.91 Å². The lowest BCUT2D eigenvalue weighted by atomic mass is 9.85. The quantitative estimate of drug-likeness (QED) is 0.792. The van der Waals surface area contributed by atoms with Gasteiger partial charge in [0.15, 0.2) is 0 Å². The minimum absolute atomic E-state index is 0.0951. The van der Waals surface area contributed by atoms with E-state index in [1.165, 1.54) is 31.0 Å². The Balaban J connectivity index is 2.02. The molecule has 1 heterocycles. The van der Waals surface area contributed by atoms with Crippen LogP contribution in [-0.2, 0) is 4.79 Å². The molecule has 1 aliphatic carbocycles. The summed E-state index contributed by atoms with van der Waals surface area (Å²) in [5.41, 5.74) is 2.13. The number of thioether (sulfide) groups is 1. The molecule has 124 valence electrons. The van der Waals surface area contributed by atoms with Crippen LogP contribution >= 0.6 is 11.8 Å². The lowest BCUT2D eigenvalue weighted by Gasteiger charge is -2.36. The molecule has 0 N–H and O–H groups in total. The molecule has 0 bridgehead atoms. The number of carbonyl (C=O) groups is 1. The number of hydrogen-bond donors (Lipinski definition) is 0. The van der Waals surface area contributed by atoms with E-state index in [2.05, 4.69) is 23.2 Å². The van der Waals surface area contributed by atoms with Gasteiger partial charge in [-0.2, -0.15) is 10.4 Å². The van der Waals surface area contributed by atoms with Crippen molar-refractivity contribution in [1.82, 2.24) is 15.1 Å². The van der Waals surface area contributed by atoms with Crippen LogP contribution in [0.4, 0.5) is 0 Å². The Bertz CT molecular complexity index is 626. The van der Waals surface area contributed by atoms with Gasteiger partial charge in [-0.3, -0.25) is 4.79 Å². The van der Waals surface area contributed by atoms with E-state index in [0.717, 1.165) is 17.7 Å². The zero-order chi connectivity index (χ0) is 17.0. The zero-order valence-electron chi connectivity index (χ0n) is 14.3. The summed E-state index contributed by atoms with van der Waals surface area (Å²) in [6.45, 7) is 5.93. The molecule has 2 atom stereocenters. The maximum absolute atomic E-state index is 12.5. The minimum Gasteiger partial charge on any atom is -0.342 e. The predicted octanol–water partition coefficient (Wildman–Crippen LogP) is 3.09. The Morgan fingerprint density at radius 1 is 1.35 bits per heavy atom. The van der Waals surface area contributed by atoms with Gasteiger partial charge in [0, 0.05) is 13.1 Å². The van der Waals surface area contributed by atoms with E-state index in [1.54, 1.807) is 0 Å². The first-order valence-electron chi connectivity index (χ1n) is 8.08. The Morgan fingerprint density at radius 2 is 2.04 bits per heavy atom. The van der Waals surface area contributed by atoms with Crippen molar-refractivity contribution >= 4 is 17.7 Å². The fraction of sp³-hybridized carbons (Fsp3) is 0.647. The van der Waals surface area contributed by atoms with E-state index in [1.807, 2.05) is 25.8 Å². The van der Waals surface area contributed by atoms with E-state index in [4.69, 9.17) is 0 Å². The fourth-order valence-electron chi connectivity index (χ4n) is 3.11. The summed E-state index contributed by atoms with van der Waals surface area (Å²) in [5, 5.41) is 18.0. The second kappa shape index (κ2) is 7.78. The number of rotatable bonds is 4. The smallest absolute Gasteiger partial charge is 0.232 e. The number of hydrogen-bond acceptors (Lipinski definition) is 5. The molecule has 1 amide bonds. The van der Waals surface area contributed by atoms with Crippen LogP contribution < -0.4 is 0 Å². The highest BCUT2D eigenvalue weighted by Gasteiger charge is 2.28. The Morgan fingerprint density at radius 3 is 2.70 bits per heavy atom. The molecule has 0 spiro atoms. The van der Waals surface area contributed by atoms with Gasteiger partial charge in [0.05, 0.1) is 17.0 Å². The largest absolute Gasteiger partial charge is 0.342 e. The molecule has 1 aromatic rings. The first kappa shape index (κ1) is 17.7. The van der Waals surface area contributed by atoms with Crippen LogP contribution in [0.5, 0.6) is 0 Å². The average Bonchev–Trinajstić information content (AvgIpc) is 2.55. The van der Waals surface area contributed by atoms with Gasteiger partial charge in [-0.1, -0.05) is 31.5 Å². The number of nitrogens with zero attached hydrogens (tertiary/aromatic N) is 4. The highest BCUT2D eigenvalue weighted by molar-refractivity contribution is 7.99. The normalized spacial score (nSPS) is 20.8. The van der Waals surface area contributed by atoms with Crippen molar-refractivity contribution in [3.05, 3.63) is 16.8 Å². The van der Waals surface area contributed by atoms with Crippen molar-refractivity contribution in [2.45, 2.75) is 57.5 Å². The van der Waals surface area contributed by atoms with Gasteiger partial charge >= 0.3 is 0 Å². The molecule has 0 radical (unpaired) electrons. The van der Waals surface area contributed by atoms with E-state index < -0.39 is 0 Å². The van der Waals surface area contributed by atoms with Crippen LogP contribution in [0.3, 0.4) is 0 Å². The van der Waals surface area contributed by atoms with Crippen molar-refractivity contribution < 1.29 is 4.79 Å². The Kier molecular flexibility index (Phi) is 6.00. The summed E-state index contributed by atoms with van der Waals surface area (Å²) in [4.78, 5) is 14.4. The SMILES string of the molecule is Cc1nnc(SCC(=O)N(C)[C@H]2CCCC[C@H]2C)c(C#N)c1C. The molecule has 2 rings (SSSR count). The average molecular weight is 332 g/mol. The number of nitriles is 1. The van der Waals surface area contributed by atoms with Gasteiger partial charge in [0.25, 0.3) is 0 Å². The molecule has 6 heteroatoms. The molecule has 1 fully saturated rings. The topological polar surface area (TPSA) is 69.9 Å². The first-order valence-corrected chi connectivity index (χ1v) is 9.06. The molecule has 0 aromatic carbocycles. The number of carbonyl (C=O) groups excluding carboxylic acids is 1. The number of aryl methyl sites for hydroxylation is 1. The van der Waals surface area contributed by atoms with E-state index in [0.29, 0.717) is 28.3 Å². The molecule has 0 saturated heterocycles. The molecule has 1 aliphatic rings. The number of aromatic nitrogens is 2. The van der Waals surface area contributed by atoms with Crippen molar-refractivity contribution in [2.24, 2.45) is 5.92 Å². The van der Waals surface area contributed by atoms with Crippen molar-refractivity contribution in [2.75, 3.05) is 12.8 Å². The predicted molar refractivity (Wildman–Crippen MR) is 91.1 cm³/mol. The van der Waals surface area contributed by atoms with Crippen molar-refractivity contribution in [1.29, 1.82) is 5.26 Å². The summed E-state index contributed by atoms with van der Waals surface area (Å²) >= 11 is 1.31. The molecular weight excluding hydrogens is 308 g/mol. The molecule has 1 aromatic heterocycles. The van der Waals surface area contributed by atoms with Gasteiger partial charge in [-0.25, -0.2) is 0 Å². The summed E-state index contributed by atoms with van der Waals surface area (Å²) in [6.07, 6.45) is 4.73. The number of amides is 1. The highest BCUT2D eigenvalue weighted by Crippen LogP contribution is 2.28. The first-order chi connectivity index (χ1) is 11.0.